The van der Waals surface area contributed by atoms with Gasteiger partial charge in [0.15, 0.2) is 5.82 Å². The molecule has 2 aromatic rings. The van der Waals surface area contributed by atoms with Crippen LogP contribution in [0.15, 0.2) is 18.2 Å². The molecule has 1 aromatic carbocycles. The second-order valence-corrected chi connectivity index (χ2v) is 3.96. The Bertz CT molecular complexity index is 626. The van der Waals surface area contributed by atoms with Gasteiger partial charge in [0.1, 0.15) is 11.3 Å². The highest BCUT2D eigenvalue weighted by molar-refractivity contribution is 5.87. The first kappa shape index (κ1) is 12.4. The van der Waals surface area contributed by atoms with Crippen LogP contribution in [0, 0.1) is 18.6 Å². The van der Waals surface area contributed by atoms with Gasteiger partial charge in [-0.05, 0) is 24.6 Å². The van der Waals surface area contributed by atoms with Gasteiger partial charge in [-0.1, -0.05) is 0 Å². The molecular formula is C13H11F2NO2. The molecule has 0 saturated carbocycles. The van der Waals surface area contributed by atoms with E-state index in [1.165, 1.54) is 13.2 Å². The van der Waals surface area contributed by atoms with E-state index in [9.17, 15) is 13.6 Å². The smallest absolute Gasteiger partial charge is 0.310 e. The van der Waals surface area contributed by atoms with Crippen LogP contribution in [-0.2, 0) is 16.0 Å². The first-order chi connectivity index (χ1) is 8.51. The molecule has 0 saturated heterocycles. The van der Waals surface area contributed by atoms with Gasteiger partial charge in [-0.2, -0.15) is 0 Å². The third kappa shape index (κ3) is 2.30. The van der Waals surface area contributed by atoms with E-state index >= 15 is 0 Å². The summed E-state index contributed by atoms with van der Waals surface area (Å²) in [4.78, 5) is 15.3. The molecule has 0 spiro atoms. The molecular weight excluding hydrogens is 240 g/mol. The van der Waals surface area contributed by atoms with Gasteiger partial charge >= 0.3 is 5.97 Å². The van der Waals surface area contributed by atoms with Crippen molar-refractivity contribution in [3.63, 3.8) is 0 Å². The summed E-state index contributed by atoms with van der Waals surface area (Å²) in [6, 6.07) is 3.57. The van der Waals surface area contributed by atoms with Crippen LogP contribution in [0.25, 0.3) is 10.9 Å². The largest absolute Gasteiger partial charge is 0.469 e. The second-order valence-electron chi connectivity index (χ2n) is 3.96. The lowest BCUT2D eigenvalue weighted by Gasteiger charge is -2.08. The molecule has 0 N–H and O–H groups in total. The van der Waals surface area contributed by atoms with Gasteiger partial charge in [-0.25, -0.2) is 8.78 Å². The third-order valence-electron chi connectivity index (χ3n) is 2.61. The van der Waals surface area contributed by atoms with E-state index in [0.29, 0.717) is 16.6 Å². The zero-order chi connectivity index (χ0) is 13.3. The summed E-state index contributed by atoms with van der Waals surface area (Å²) < 4.78 is 31.4. The lowest BCUT2D eigenvalue weighted by atomic mass is 10.0. The Labute approximate surface area is 102 Å². The van der Waals surface area contributed by atoms with Crippen molar-refractivity contribution in [3.05, 3.63) is 41.1 Å². The number of methoxy groups -OCH3 is 1. The number of carbonyl (C=O) groups excluding carboxylic acids is 1. The first-order valence-electron chi connectivity index (χ1n) is 5.33. The Balaban J connectivity index is 2.67. The number of halogens is 2. The minimum atomic E-state index is -0.736. The van der Waals surface area contributed by atoms with Crippen molar-refractivity contribution in [1.82, 2.24) is 4.98 Å². The molecule has 5 heteroatoms. The van der Waals surface area contributed by atoms with Crippen molar-refractivity contribution >= 4 is 16.9 Å². The lowest BCUT2D eigenvalue weighted by Crippen LogP contribution is -2.06. The van der Waals surface area contributed by atoms with Gasteiger partial charge in [-0.3, -0.25) is 9.78 Å². The molecule has 18 heavy (non-hydrogen) atoms. The van der Waals surface area contributed by atoms with Crippen LogP contribution in [0.2, 0.25) is 0 Å². The van der Waals surface area contributed by atoms with Crippen LogP contribution >= 0.6 is 0 Å². The molecule has 0 amide bonds. The maximum Gasteiger partial charge on any atom is 0.310 e. The minimum absolute atomic E-state index is 0.0424. The molecule has 2 rings (SSSR count). The van der Waals surface area contributed by atoms with Gasteiger partial charge in [0.2, 0.25) is 0 Å². The number of nitrogens with zero attached hydrogens (tertiary/aromatic N) is 1. The maximum atomic E-state index is 13.6. The Kier molecular flexibility index (Phi) is 3.23. The molecule has 0 unspecified atom stereocenters. The fourth-order valence-corrected chi connectivity index (χ4v) is 1.84. The van der Waals surface area contributed by atoms with Gasteiger partial charge in [0, 0.05) is 17.1 Å². The number of aryl methyl sites for hydroxylation is 1. The number of rotatable bonds is 2. The molecule has 94 valence electrons. The topological polar surface area (TPSA) is 39.2 Å². The monoisotopic (exact) mass is 251 g/mol. The van der Waals surface area contributed by atoms with Gasteiger partial charge in [-0.15, -0.1) is 0 Å². The van der Waals surface area contributed by atoms with Crippen molar-refractivity contribution in [3.8, 4) is 0 Å². The van der Waals surface area contributed by atoms with Gasteiger partial charge in [0.05, 0.1) is 13.5 Å². The van der Waals surface area contributed by atoms with Crippen molar-refractivity contribution in [1.29, 1.82) is 0 Å². The summed E-state index contributed by atoms with van der Waals surface area (Å²) in [5, 5.41) is 0.295. The number of aromatic nitrogens is 1. The summed E-state index contributed by atoms with van der Waals surface area (Å²) in [6.07, 6.45) is -0.0424. The highest BCUT2D eigenvalue weighted by Crippen LogP contribution is 2.23. The van der Waals surface area contributed by atoms with E-state index in [4.69, 9.17) is 0 Å². The Morgan fingerprint density at radius 1 is 1.33 bits per heavy atom. The number of pyridine rings is 1. The zero-order valence-electron chi connectivity index (χ0n) is 9.96. The molecule has 3 nitrogen and oxygen atoms in total. The van der Waals surface area contributed by atoms with Crippen molar-refractivity contribution in [2.45, 2.75) is 13.3 Å². The summed E-state index contributed by atoms with van der Waals surface area (Å²) >= 11 is 0. The van der Waals surface area contributed by atoms with Crippen LogP contribution in [0.5, 0.6) is 0 Å². The summed E-state index contributed by atoms with van der Waals surface area (Å²) in [5.74, 6) is -1.90. The van der Waals surface area contributed by atoms with Crippen LogP contribution in [0.1, 0.15) is 11.3 Å². The Morgan fingerprint density at radius 3 is 2.72 bits per heavy atom. The Morgan fingerprint density at radius 2 is 2.06 bits per heavy atom. The van der Waals surface area contributed by atoms with E-state index in [2.05, 4.69) is 9.72 Å². The molecule has 0 fully saturated rings. The van der Waals surface area contributed by atoms with E-state index in [1.54, 1.807) is 13.0 Å². The number of benzene rings is 1. The fraction of sp³-hybridized carbons (Fsp3) is 0.231. The summed E-state index contributed by atoms with van der Waals surface area (Å²) in [7, 11) is 1.26. The average molecular weight is 251 g/mol. The third-order valence-corrected chi connectivity index (χ3v) is 2.61. The van der Waals surface area contributed by atoms with Crippen LogP contribution in [0.4, 0.5) is 8.78 Å². The Hall–Kier alpha value is -2.04. The van der Waals surface area contributed by atoms with Crippen molar-refractivity contribution in [2.24, 2.45) is 0 Å². The first-order valence-corrected chi connectivity index (χ1v) is 5.33. The van der Waals surface area contributed by atoms with Crippen LogP contribution < -0.4 is 0 Å². The lowest BCUT2D eigenvalue weighted by molar-refractivity contribution is -0.139. The molecule has 0 aliphatic carbocycles. The van der Waals surface area contributed by atoms with Crippen LogP contribution in [0.3, 0.4) is 0 Å². The number of esters is 1. The van der Waals surface area contributed by atoms with Crippen molar-refractivity contribution < 1.29 is 18.3 Å². The maximum absolute atomic E-state index is 13.6. The number of ether oxygens (including phenoxy) is 1. The van der Waals surface area contributed by atoms with Gasteiger partial charge < -0.3 is 4.74 Å². The normalized spacial score (nSPS) is 10.7. The van der Waals surface area contributed by atoms with Gasteiger partial charge in [0.25, 0.3) is 0 Å². The standard InChI is InChI=1S/C13H11F2NO2/c1-7-3-8(4-12(17)18-2)10-5-9(14)6-11(15)13(10)16-7/h3,5-6H,4H2,1-2H3. The summed E-state index contributed by atoms with van der Waals surface area (Å²) in [6.45, 7) is 1.68. The molecule has 0 bridgehead atoms. The molecule has 0 aliphatic rings. The molecule has 1 aromatic heterocycles. The molecule has 0 radical (unpaired) electrons. The van der Waals surface area contributed by atoms with E-state index in [-0.39, 0.29) is 11.9 Å². The minimum Gasteiger partial charge on any atom is -0.469 e. The highest BCUT2D eigenvalue weighted by atomic mass is 19.1. The van der Waals surface area contributed by atoms with E-state index in [0.717, 1.165) is 6.07 Å². The highest BCUT2D eigenvalue weighted by Gasteiger charge is 2.13. The van der Waals surface area contributed by atoms with E-state index in [1.807, 2.05) is 0 Å². The van der Waals surface area contributed by atoms with E-state index < -0.39 is 17.6 Å². The fourth-order valence-electron chi connectivity index (χ4n) is 1.84. The average Bonchev–Trinajstić information content (AvgIpc) is 2.30. The molecule has 1 heterocycles. The number of carbonyl (C=O) groups is 1. The number of fused-ring (bicyclic) bond motifs is 1. The number of hydrogen-bond donors (Lipinski definition) is 0. The van der Waals surface area contributed by atoms with Crippen LogP contribution in [-0.4, -0.2) is 18.1 Å². The predicted molar refractivity (Wildman–Crippen MR) is 62.1 cm³/mol. The quantitative estimate of drug-likeness (QED) is 0.770. The second kappa shape index (κ2) is 4.68. The number of hydrogen-bond acceptors (Lipinski definition) is 3. The molecule has 0 atom stereocenters. The zero-order valence-corrected chi connectivity index (χ0v) is 9.96. The SMILES string of the molecule is COC(=O)Cc1cc(C)nc2c(F)cc(F)cc12. The molecule has 0 aliphatic heterocycles. The predicted octanol–water partition coefficient (Wildman–Crippen LogP) is 2.54. The van der Waals surface area contributed by atoms with Crippen molar-refractivity contribution in [2.75, 3.05) is 7.11 Å². The summed E-state index contributed by atoms with van der Waals surface area (Å²) in [5.41, 5.74) is 1.13.